The molecule has 1 aromatic rings. The Morgan fingerprint density at radius 3 is 2.59 bits per heavy atom. The third-order valence-electron chi connectivity index (χ3n) is 2.77. The van der Waals surface area contributed by atoms with Crippen molar-refractivity contribution in [1.29, 1.82) is 0 Å². The van der Waals surface area contributed by atoms with E-state index in [1.165, 1.54) is 0 Å². The highest BCUT2D eigenvalue weighted by atomic mass is 79.9. The van der Waals surface area contributed by atoms with Gasteiger partial charge in [0.2, 0.25) is 0 Å². The first-order valence-electron chi connectivity index (χ1n) is 5.80. The number of hydrogen-bond donors (Lipinski definition) is 2. The summed E-state index contributed by atoms with van der Waals surface area (Å²) in [5.74, 6) is 0.569. The fourth-order valence-corrected chi connectivity index (χ4v) is 2.35. The Labute approximate surface area is 116 Å². The molecule has 0 aliphatic heterocycles. The first kappa shape index (κ1) is 15.0. The molecule has 0 saturated heterocycles. The second-order valence-corrected chi connectivity index (χ2v) is 6.02. The molecular formula is C13H19BrClNO. The maximum atomic E-state index is 10.0. The maximum absolute atomic E-state index is 10.0. The topological polar surface area (TPSA) is 46.2 Å². The molecule has 0 aromatic heterocycles. The molecule has 2 atom stereocenters. The van der Waals surface area contributed by atoms with Crippen LogP contribution in [0.3, 0.4) is 0 Å². The van der Waals surface area contributed by atoms with E-state index in [-0.39, 0.29) is 0 Å². The lowest BCUT2D eigenvalue weighted by Gasteiger charge is -2.21. The van der Waals surface area contributed by atoms with Crippen LogP contribution in [-0.2, 0) is 0 Å². The summed E-state index contributed by atoms with van der Waals surface area (Å²) >= 11 is 9.36. The standard InChI is InChI=1S/C13H19BrClNO/c1-8(2)3-6-12(17)13(16)10-7-9(15)4-5-11(10)14/h4-5,7-8,12-13,17H,3,6,16H2,1-2H3/t12-,13+/m0/s1. The van der Waals surface area contributed by atoms with E-state index in [2.05, 4.69) is 29.8 Å². The highest BCUT2D eigenvalue weighted by molar-refractivity contribution is 9.10. The number of nitrogens with two attached hydrogens (primary N) is 1. The zero-order chi connectivity index (χ0) is 13.0. The second-order valence-electron chi connectivity index (χ2n) is 4.73. The zero-order valence-electron chi connectivity index (χ0n) is 10.2. The molecule has 96 valence electrons. The van der Waals surface area contributed by atoms with Crippen molar-refractivity contribution in [3.05, 3.63) is 33.3 Å². The van der Waals surface area contributed by atoms with Gasteiger partial charge in [-0.15, -0.1) is 0 Å². The predicted molar refractivity (Wildman–Crippen MR) is 76.2 cm³/mol. The monoisotopic (exact) mass is 319 g/mol. The van der Waals surface area contributed by atoms with E-state index in [1.807, 2.05) is 6.07 Å². The minimum absolute atomic E-state index is 0.401. The smallest absolute Gasteiger partial charge is 0.0733 e. The lowest BCUT2D eigenvalue weighted by molar-refractivity contribution is 0.128. The van der Waals surface area contributed by atoms with Crippen LogP contribution in [0.1, 0.15) is 38.3 Å². The van der Waals surface area contributed by atoms with Gasteiger partial charge in [0, 0.05) is 9.50 Å². The fraction of sp³-hybridized carbons (Fsp3) is 0.538. The largest absolute Gasteiger partial charge is 0.391 e. The Bertz CT molecular complexity index is 370. The second kappa shape index (κ2) is 6.74. The summed E-state index contributed by atoms with van der Waals surface area (Å²) < 4.78 is 0.887. The number of hydrogen-bond acceptors (Lipinski definition) is 2. The van der Waals surface area contributed by atoms with E-state index in [0.29, 0.717) is 17.4 Å². The molecule has 1 rings (SSSR count). The van der Waals surface area contributed by atoms with Gasteiger partial charge in [0.15, 0.2) is 0 Å². The van der Waals surface area contributed by atoms with Crippen molar-refractivity contribution in [1.82, 2.24) is 0 Å². The van der Waals surface area contributed by atoms with Gasteiger partial charge in [0.05, 0.1) is 12.1 Å². The Morgan fingerprint density at radius 2 is 2.00 bits per heavy atom. The zero-order valence-corrected chi connectivity index (χ0v) is 12.5. The molecule has 0 radical (unpaired) electrons. The minimum Gasteiger partial charge on any atom is -0.391 e. The SMILES string of the molecule is CC(C)CC[C@H](O)[C@H](N)c1cc(Cl)ccc1Br. The molecule has 0 spiro atoms. The van der Waals surface area contributed by atoms with E-state index in [4.69, 9.17) is 17.3 Å². The van der Waals surface area contributed by atoms with Crippen LogP contribution in [0.15, 0.2) is 22.7 Å². The highest BCUT2D eigenvalue weighted by Crippen LogP contribution is 2.28. The third-order valence-corrected chi connectivity index (χ3v) is 3.73. The molecule has 3 N–H and O–H groups in total. The van der Waals surface area contributed by atoms with Crippen molar-refractivity contribution in [2.45, 2.75) is 38.8 Å². The average Bonchev–Trinajstić information content (AvgIpc) is 2.28. The van der Waals surface area contributed by atoms with Crippen LogP contribution >= 0.6 is 27.5 Å². The Balaban J connectivity index is 2.74. The van der Waals surface area contributed by atoms with Crippen LogP contribution in [0, 0.1) is 5.92 Å². The van der Waals surface area contributed by atoms with Gasteiger partial charge in [0.25, 0.3) is 0 Å². The van der Waals surface area contributed by atoms with Crippen LogP contribution in [-0.4, -0.2) is 11.2 Å². The molecule has 17 heavy (non-hydrogen) atoms. The van der Waals surface area contributed by atoms with Crippen LogP contribution in [0.25, 0.3) is 0 Å². The molecule has 0 unspecified atom stereocenters. The number of aliphatic hydroxyl groups excluding tert-OH is 1. The molecule has 0 saturated carbocycles. The average molecular weight is 321 g/mol. The van der Waals surface area contributed by atoms with Crippen molar-refractivity contribution in [3.63, 3.8) is 0 Å². The van der Waals surface area contributed by atoms with Crippen LogP contribution in [0.5, 0.6) is 0 Å². The number of benzene rings is 1. The molecule has 0 amide bonds. The van der Waals surface area contributed by atoms with Gasteiger partial charge in [-0.1, -0.05) is 41.4 Å². The van der Waals surface area contributed by atoms with Gasteiger partial charge in [-0.2, -0.15) is 0 Å². The van der Waals surface area contributed by atoms with E-state index in [9.17, 15) is 5.11 Å². The molecule has 0 heterocycles. The predicted octanol–water partition coefficient (Wildman–Crippen LogP) is 3.90. The van der Waals surface area contributed by atoms with Crippen molar-refractivity contribution in [2.75, 3.05) is 0 Å². The number of aliphatic hydroxyl groups is 1. The maximum Gasteiger partial charge on any atom is 0.0733 e. The van der Waals surface area contributed by atoms with Gasteiger partial charge in [-0.05, 0) is 42.5 Å². The summed E-state index contributed by atoms with van der Waals surface area (Å²) in [5.41, 5.74) is 6.91. The molecule has 2 nitrogen and oxygen atoms in total. The van der Waals surface area contributed by atoms with Gasteiger partial charge in [0.1, 0.15) is 0 Å². The lowest BCUT2D eigenvalue weighted by atomic mass is 9.96. The third kappa shape index (κ3) is 4.59. The van der Waals surface area contributed by atoms with E-state index < -0.39 is 12.1 Å². The highest BCUT2D eigenvalue weighted by Gasteiger charge is 2.19. The number of rotatable bonds is 5. The van der Waals surface area contributed by atoms with Crippen LogP contribution in [0.2, 0.25) is 5.02 Å². The van der Waals surface area contributed by atoms with Crippen molar-refractivity contribution >= 4 is 27.5 Å². The summed E-state index contributed by atoms with van der Waals surface area (Å²) in [6, 6.07) is 5.05. The van der Waals surface area contributed by atoms with E-state index in [0.717, 1.165) is 16.5 Å². The van der Waals surface area contributed by atoms with E-state index >= 15 is 0 Å². The van der Waals surface area contributed by atoms with Gasteiger partial charge >= 0.3 is 0 Å². The molecule has 0 fully saturated rings. The summed E-state index contributed by atoms with van der Waals surface area (Å²) in [7, 11) is 0. The molecule has 4 heteroatoms. The molecule has 0 aliphatic rings. The molecule has 0 bridgehead atoms. The summed E-state index contributed by atoms with van der Waals surface area (Å²) in [5, 5.41) is 10.7. The van der Waals surface area contributed by atoms with Crippen molar-refractivity contribution in [2.24, 2.45) is 11.7 Å². The summed E-state index contributed by atoms with van der Waals surface area (Å²) in [4.78, 5) is 0. The van der Waals surface area contributed by atoms with Gasteiger partial charge < -0.3 is 10.8 Å². The van der Waals surface area contributed by atoms with Crippen molar-refractivity contribution in [3.8, 4) is 0 Å². The van der Waals surface area contributed by atoms with Gasteiger partial charge in [-0.25, -0.2) is 0 Å². The van der Waals surface area contributed by atoms with Crippen LogP contribution in [0.4, 0.5) is 0 Å². The quantitative estimate of drug-likeness (QED) is 0.864. The summed E-state index contributed by atoms with van der Waals surface area (Å²) in [6.07, 6.45) is 1.14. The van der Waals surface area contributed by atoms with Crippen LogP contribution < -0.4 is 5.73 Å². The number of halogens is 2. The normalized spacial score (nSPS) is 15.0. The lowest BCUT2D eigenvalue weighted by Crippen LogP contribution is -2.26. The summed E-state index contributed by atoms with van der Waals surface area (Å²) in [6.45, 7) is 4.26. The first-order valence-corrected chi connectivity index (χ1v) is 6.97. The Hall–Kier alpha value is -0.0900. The van der Waals surface area contributed by atoms with Crippen molar-refractivity contribution < 1.29 is 5.11 Å². The Kier molecular flexibility index (Phi) is 5.93. The molecule has 1 aromatic carbocycles. The Morgan fingerprint density at radius 1 is 1.35 bits per heavy atom. The van der Waals surface area contributed by atoms with E-state index in [1.54, 1.807) is 12.1 Å². The molecule has 0 aliphatic carbocycles. The fourth-order valence-electron chi connectivity index (χ4n) is 1.66. The molecular weight excluding hydrogens is 302 g/mol. The first-order chi connectivity index (χ1) is 7.91. The van der Waals surface area contributed by atoms with Gasteiger partial charge in [-0.3, -0.25) is 0 Å². The minimum atomic E-state index is -0.535.